The van der Waals surface area contributed by atoms with Crippen LogP contribution in [0.15, 0.2) is 23.1 Å². The van der Waals surface area contributed by atoms with Crippen molar-refractivity contribution in [2.45, 2.75) is 24.7 Å². The van der Waals surface area contributed by atoms with E-state index in [9.17, 15) is 13.8 Å². The SMILES string of the molecule is CCOC(=O)CCC(=O)CS(=O)c1ccc(Cl)c(Cl)c1. The van der Waals surface area contributed by atoms with Gasteiger partial charge >= 0.3 is 5.97 Å². The zero-order valence-corrected chi connectivity index (χ0v) is 13.2. The predicted molar refractivity (Wildman–Crippen MR) is 78.6 cm³/mol. The topological polar surface area (TPSA) is 60.4 Å². The summed E-state index contributed by atoms with van der Waals surface area (Å²) in [5.41, 5.74) is 0. The number of esters is 1. The van der Waals surface area contributed by atoms with E-state index >= 15 is 0 Å². The van der Waals surface area contributed by atoms with Crippen molar-refractivity contribution in [3.8, 4) is 0 Å². The molecule has 1 aromatic rings. The van der Waals surface area contributed by atoms with Crippen molar-refractivity contribution in [1.82, 2.24) is 0 Å². The van der Waals surface area contributed by atoms with Crippen LogP contribution < -0.4 is 0 Å². The molecular formula is C13H14Cl2O4S. The molecule has 0 spiro atoms. The summed E-state index contributed by atoms with van der Waals surface area (Å²) < 4.78 is 16.7. The molecule has 1 rings (SSSR count). The van der Waals surface area contributed by atoms with Gasteiger partial charge in [-0.2, -0.15) is 0 Å². The van der Waals surface area contributed by atoms with E-state index in [1.807, 2.05) is 0 Å². The molecule has 0 saturated carbocycles. The number of halogens is 2. The highest BCUT2D eigenvalue weighted by Crippen LogP contribution is 2.24. The van der Waals surface area contributed by atoms with Gasteiger partial charge in [0.2, 0.25) is 0 Å². The van der Waals surface area contributed by atoms with Crippen LogP contribution >= 0.6 is 23.2 Å². The van der Waals surface area contributed by atoms with Crippen LogP contribution in [0.5, 0.6) is 0 Å². The lowest BCUT2D eigenvalue weighted by atomic mass is 10.2. The maximum Gasteiger partial charge on any atom is 0.306 e. The molecule has 7 heteroatoms. The zero-order chi connectivity index (χ0) is 15.1. The fourth-order valence-corrected chi connectivity index (χ4v) is 2.83. The fraction of sp³-hybridized carbons (Fsp3) is 0.385. The molecule has 0 heterocycles. The Morgan fingerprint density at radius 3 is 2.50 bits per heavy atom. The fourth-order valence-electron chi connectivity index (χ4n) is 1.39. The summed E-state index contributed by atoms with van der Waals surface area (Å²) in [5, 5.41) is 0.651. The Morgan fingerprint density at radius 1 is 1.20 bits per heavy atom. The molecule has 0 saturated heterocycles. The summed E-state index contributed by atoms with van der Waals surface area (Å²) in [5.74, 6) is -0.846. The van der Waals surface area contributed by atoms with Gasteiger partial charge in [-0.15, -0.1) is 0 Å². The monoisotopic (exact) mass is 336 g/mol. The smallest absolute Gasteiger partial charge is 0.306 e. The number of rotatable bonds is 7. The Morgan fingerprint density at radius 2 is 1.90 bits per heavy atom. The van der Waals surface area contributed by atoms with Gasteiger partial charge in [0.05, 0.1) is 39.6 Å². The molecule has 0 amide bonds. The quantitative estimate of drug-likeness (QED) is 0.718. The van der Waals surface area contributed by atoms with Gasteiger partial charge in [-0.3, -0.25) is 13.8 Å². The van der Waals surface area contributed by atoms with Gasteiger partial charge in [-0.1, -0.05) is 23.2 Å². The van der Waals surface area contributed by atoms with Crippen molar-refractivity contribution in [1.29, 1.82) is 0 Å². The molecular weight excluding hydrogens is 323 g/mol. The summed E-state index contributed by atoms with van der Waals surface area (Å²) in [6.07, 6.45) is 0.0249. The van der Waals surface area contributed by atoms with Gasteiger partial charge in [-0.25, -0.2) is 0 Å². The lowest BCUT2D eigenvalue weighted by Crippen LogP contribution is -2.13. The highest BCUT2D eigenvalue weighted by Gasteiger charge is 2.13. The summed E-state index contributed by atoms with van der Waals surface area (Å²) in [6.45, 7) is 1.97. The van der Waals surface area contributed by atoms with E-state index in [1.165, 1.54) is 12.1 Å². The Kier molecular flexibility index (Phi) is 7.19. The summed E-state index contributed by atoms with van der Waals surface area (Å²) in [4.78, 5) is 23.2. The maximum atomic E-state index is 12.0. The van der Waals surface area contributed by atoms with Crippen molar-refractivity contribution in [3.63, 3.8) is 0 Å². The average molecular weight is 337 g/mol. The number of hydrogen-bond donors (Lipinski definition) is 0. The minimum Gasteiger partial charge on any atom is -0.466 e. The number of Topliss-reactive ketones (excluding diaryl/α,β-unsaturated/α-hetero) is 1. The van der Waals surface area contributed by atoms with Crippen LogP contribution in [0, 0.1) is 0 Å². The molecule has 110 valence electrons. The second-order valence-electron chi connectivity index (χ2n) is 3.91. The van der Waals surface area contributed by atoms with Crippen molar-refractivity contribution < 1.29 is 18.5 Å². The van der Waals surface area contributed by atoms with Crippen molar-refractivity contribution in [2.75, 3.05) is 12.4 Å². The molecule has 0 aliphatic rings. The normalized spacial score (nSPS) is 11.9. The van der Waals surface area contributed by atoms with Gasteiger partial charge in [0, 0.05) is 11.3 Å². The zero-order valence-electron chi connectivity index (χ0n) is 10.9. The standard InChI is InChI=1S/C13H14Cl2O4S/c1-2-19-13(17)6-3-9(16)8-20(18)10-4-5-11(14)12(15)7-10/h4-5,7H,2-3,6,8H2,1H3. The Bertz CT molecular complexity index is 531. The molecule has 4 nitrogen and oxygen atoms in total. The molecule has 20 heavy (non-hydrogen) atoms. The van der Waals surface area contributed by atoms with E-state index in [0.29, 0.717) is 9.92 Å². The first-order chi connectivity index (χ1) is 9.43. The first-order valence-corrected chi connectivity index (χ1v) is 8.02. The Hall–Kier alpha value is -0.910. The number of hydrogen-bond acceptors (Lipinski definition) is 4. The third-order valence-electron chi connectivity index (χ3n) is 2.36. The van der Waals surface area contributed by atoms with Crippen LogP contribution in [0.1, 0.15) is 19.8 Å². The molecule has 0 bridgehead atoms. The first kappa shape index (κ1) is 17.1. The number of carbonyl (C=O) groups is 2. The number of ketones is 1. The highest BCUT2D eigenvalue weighted by molar-refractivity contribution is 7.85. The number of benzene rings is 1. The van der Waals surface area contributed by atoms with E-state index in [0.717, 1.165) is 0 Å². The van der Waals surface area contributed by atoms with Crippen LogP contribution in [0.3, 0.4) is 0 Å². The lowest BCUT2D eigenvalue weighted by Gasteiger charge is -2.04. The van der Waals surface area contributed by atoms with E-state index in [2.05, 4.69) is 0 Å². The van der Waals surface area contributed by atoms with Crippen LogP contribution in [-0.4, -0.2) is 28.3 Å². The third kappa shape index (κ3) is 5.61. The van der Waals surface area contributed by atoms with Gasteiger partial charge < -0.3 is 4.74 Å². The number of carbonyl (C=O) groups excluding carboxylic acids is 2. The van der Waals surface area contributed by atoms with Crippen LogP contribution in [0.2, 0.25) is 10.0 Å². The van der Waals surface area contributed by atoms with Crippen molar-refractivity contribution in [2.24, 2.45) is 0 Å². The molecule has 1 aromatic carbocycles. The van der Waals surface area contributed by atoms with Gasteiger partial charge in [0.15, 0.2) is 0 Å². The van der Waals surface area contributed by atoms with E-state index in [-0.39, 0.29) is 36.0 Å². The summed E-state index contributed by atoms with van der Waals surface area (Å²) in [7, 11) is -1.50. The molecule has 0 aliphatic carbocycles. The maximum absolute atomic E-state index is 12.0. The summed E-state index contributed by atoms with van der Waals surface area (Å²) in [6, 6.07) is 4.56. The Labute approximate surface area is 129 Å². The Balaban J connectivity index is 2.51. The molecule has 0 radical (unpaired) electrons. The molecule has 1 atom stereocenters. The van der Waals surface area contributed by atoms with Gasteiger partial charge in [0.25, 0.3) is 0 Å². The lowest BCUT2D eigenvalue weighted by molar-refractivity contribution is -0.144. The molecule has 1 unspecified atom stereocenters. The highest BCUT2D eigenvalue weighted by atomic mass is 35.5. The molecule has 0 aliphatic heterocycles. The van der Waals surface area contributed by atoms with E-state index in [1.54, 1.807) is 13.0 Å². The second-order valence-corrected chi connectivity index (χ2v) is 6.17. The van der Waals surface area contributed by atoms with Gasteiger partial charge in [0.1, 0.15) is 5.78 Å². The second kappa shape index (κ2) is 8.39. The van der Waals surface area contributed by atoms with Crippen LogP contribution in [0.25, 0.3) is 0 Å². The van der Waals surface area contributed by atoms with E-state index < -0.39 is 16.8 Å². The van der Waals surface area contributed by atoms with Crippen LogP contribution in [-0.2, 0) is 25.1 Å². The largest absolute Gasteiger partial charge is 0.466 e. The minimum atomic E-state index is -1.50. The molecule has 0 fully saturated rings. The predicted octanol–water partition coefficient (Wildman–Crippen LogP) is 3.01. The minimum absolute atomic E-state index is 0.00521. The van der Waals surface area contributed by atoms with Crippen molar-refractivity contribution >= 4 is 45.8 Å². The first-order valence-electron chi connectivity index (χ1n) is 5.94. The van der Waals surface area contributed by atoms with Crippen molar-refractivity contribution in [3.05, 3.63) is 28.2 Å². The number of ether oxygens (including phenoxy) is 1. The third-order valence-corrected chi connectivity index (χ3v) is 4.46. The van der Waals surface area contributed by atoms with Gasteiger partial charge in [-0.05, 0) is 25.1 Å². The molecule has 0 N–H and O–H groups in total. The summed E-state index contributed by atoms with van der Waals surface area (Å²) >= 11 is 11.6. The van der Waals surface area contributed by atoms with Crippen LogP contribution in [0.4, 0.5) is 0 Å². The van der Waals surface area contributed by atoms with E-state index in [4.69, 9.17) is 27.9 Å². The molecule has 0 aromatic heterocycles. The average Bonchev–Trinajstić information content (AvgIpc) is 2.40.